The Morgan fingerprint density at radius 2 is 1.29 bits per heavy atom. The molecule has 28 heavy (non-hydrogen) atoms. The summed E-state index contributed by atoms with van der Waals surface area (Å²) in [5, 5.41) is 11.3. The Morgan fingerprint density at radius 3 is 1.79 bits per heavy atom. The zero-order valence-corrected chi connectivity index (χ0v) is 17.2. The summed E-state index contributed by atoms with van der Waals surface area (Å²) in [5.74, 6) is 0. The molecule has 0 aliphatic rings. The molecule has 0 spiro atoms. The molecule has 0 heterocycles. The Hall–Kier alpha value is -2.18. The average molecular weight is 416 g/mol. The molecular formula is C22H22ClNO3S. The van der Waals surface area contributed by atoms with Gasteiger partial charge in [-0.05, 0) is 28.8 Å². The lowest BCUT2D eigenvalue weighted by atomic mass is 9.81. The third-order valence-electron chi connectivity index (χ3n) is 4.79. The van der Waals surface area contributed by atoms with Crippen LogP contribution in [0.4, 0.5) is 0 Å². The molecule has 146 valence electrons. The zero-order chi connectivity index (χ0) is 20.4. The maximum Gasteiger partial charge on any atom is 0.224 e. The van der Waals surface area contributed by atoms with Gasteiger partial charge in [0.1, 0.15) is 10.9 Å². The predicted octanol–water partition coefficient (Wildman–Crippen LogP) is 4.21. The van der Waals surface area contributed by atoms with Crippen LogP contribution in [0.5, 0.6) is 0 Å². The summed E-state index contributed by atoms with van der Waals surface area (Å²) in [6.07, 6.45) is 0. The van der Waals surface area contributed by atoms with E-state index in [0.29, 0.717) is 21.7 Å². The topological polar surface area (TPSA) is 57.6 Å². The highest BCUT2D eigenvalue weighted by Gasteiger charge is 2.49. The van der Waals surface area contributed by atoms with E-state index in [0.717, 1.165) is 4.31 Å². The van der Waals surface area contributed by atoms with Gasteiger partial charge in [0.25, 0.3) is 0 Å². The number of halogens is 1. The number of rotatable bonds is 6. The molecule has 3 rings (SSSR count). The molecule has 0 fully saturated rings. The monoisotopic (exact) mass is 415 g/mol. The number of nitrogens with zero attached hydrogens (tertiary/aromatic N) is 1. The lowest BCUT2D eigenvalue weighted by Crippen LogP contribution is -2.43. The molecule has 3 aromatic rings. The van der Waals surface area contributed by atoms with Gasteiger partial charge >= 0.3 is 0 Å². The lowest BCUT2D eigenvalue weighted by molar-refractivity contribution is 0.0732. The van der Waals surface area contributed by atoms with Crippen molar-refractivity contribution >= 4 is 21.6 Å². The van der Waals surface area contributed by atoms with Gasteiger partial charge in [0.15, 0.2) is 0 Å². The maximum absolute atomic E-state index is 13.4. The molecule has 3 aromatic carbocycles. The van der Waals surface area contributed by atoms with Gasteiger partial charge in [-0.2, -0.15) is 0 Å². The number of hydrogen-bond acceptors (Lipinski definition) is 3. The van der Waals surface area contributed by atoms with Crippen molar-refractivity contribution in [2.24, 2.45) is 0 Å². The molecule has 0 amide bonds. The van der Waals surface area contributed by atoms with Gasteiger partial charge in [-0.25, -0.2) is 12.7 Å². The fourth-order valence-corrected chi connectivity index (χ4v) is 5.08. The molecule has 0 aromatic heterocycles. The van der Waals surface area contributed by atoms with E-state index >= 15 is 0 Å². The molecule has 0 saturated carbocycles. The van der Waals surface area contributed by atoms with E-state index in [1.807, 2.05) is 12.1 Å². The standard InChI is InChI=1S/C22H22ClNO3S/c1-24(2)28(26,27)21(17-9-5-3-6-10-17)22(25,18-11-7-4-8-12-18)19-13-15-20(23)16-14-19/h3-16,21,25H,1-2H3. The van der Waals surface area contributed by atoms with Crippen molar-refractivity contribution in [1.82, 2.24) is 4.31 Å². The van der Waals surface area contributed by atoms with Gasteiger partial charge in [-0.1, -0.05) is 84.4 Å². The Balaban J connectivity index is 2.37. The second-order valence-electron chi connectivity index (χ2n) is 6.76. The first-order valence-corrected chi connectivity index (χ1v) is 10.7. The van der Waals surface area contributed by atoms with Crippen LogP contribution in [-0.2, 0) is 15.6 Å². The van der Waals surface area contributed by atoms with Crippen LogP contribution in [-0.4, -0.2) is 31.9 Å². The summed E-state index contributed by atoms with van der Waals surface area (Å²) in [6.45, 7) is 0. The molecule has 0 aliphatic heterocycles. The third kappa shape index (κ3) is 3.71. The van der Waals surface area contributed by atoms with E-state index < -0.39 is 20.9 Å². The van der Waals surface area contributed by atoms with Crippen LogP contribution < -0.4 is 0 Å². The third-order valence-corrected chi connectivity index (χ3v) is 7.27. The van der Waals surface area contributed by atoms with Gasteiger partial charge in [0, 0.05) is 19.1 Å². The minimum Gasteiger partial charge on any atom is -0.379 e. The smallest absolute Gasteiger partial charge is 0.224 e. The second-order valence-corrected chi connectivity index (χ2v) is 9.43. The highest BCUT2D eigenvalue weighted by molar-refractivity contribution is 7.89. The molecule has 4 nitrogen and oxygen atoms in total. The summed E-state index contributed by atoms with van der Waals surface area (Å²) in [4.78, 5) is 0. The van der Waals surface area contributed by atoms with Crippen LogP contribution >= 0.6 is 11.6 Å². The van der Waals surface area contributed by atoms with Crippen LogP contribution in [0.3, 0.4) is 0 Å². The summed E-state index contributed by atoms with van der Waals surface area (Å²) >= 11 is 6.04. The van der Waals surface area contributed by atoms with Crippen LogP contribution in [0.15, 0.2) is 84.9 Å². The largest absolute Gasteiger partial charge is 0.379 e. The molecule has 0 radical (unpaired) electrons. The zero-order valence-electron chi connectivity index (χ0n) is 15.7. The van der Waals surface area contributed by atoms with Crippen molar-refractivity contribution in [3.05, 3.63) is 107 Å². The molecular weight excluding hydrogens is 394 g/mol. The van der Waals surface area contributed by atoms with Gasteiger partial charge in [0.2, 0.25) is 10.0 Å². The van der Waals surface area contributed by atoms with E-state index in [1.165, 1.54) is 14.1 Å². The Kier molecular flexibility index (Phi) is 5.91. The van der Waals surface area contributed by atoms with E-state index in [9.17, 15) is 13.5 Å². The van der Waals surface area contributed by atoms with Crippen LogP contribution in [0.1, 0.15) is 21.9 Å². The summed E-state index contributed by atoms with van der Waals surface area (Å²) in [7, 11) is -0.964. The van der Waals surface area contributed by atoms with Gasteiger partial charge in [-0.3, -0.25) is 0 Å². The van der Waals surface area contributed by atoms with Gasteiger partial charge in [0.05, 0.1) is 0 Å². The minimum atomic E-state index is -3.91. The normalized spacial score (nSPS) is 15.2. The van der Waals surface area contributed by atoms with Crippen LogP contribution in [0.2, 0.25) is 5.02 Å². The molecule has 1 N–H and O–H groups in total. The number of aliphatic hydroxyl groups is 1. The van der Waals surface area contributed by atoms with Crippen molar-refractivity contribution in [3.63, 3.8) is 0 Å². The Labute approximate surface area is 171 Å². The lowest BCUT2D eigenvalue weighted by Gasteiger charge is -2.38. The first kappa shape index (κ1) is 20.6. The summed E-state index contributed by atoms with van der Waals surface area (Å²) in [6, 6.07) is 24.2. The average Bonchev–Trinajstić information content (AvgIpc) is 2.69. The molecule has 0 saturated heterocycles. The number of hydrogen-bond donors (Lipinski definition) is 1. The minimum absolute atomic E-state index is 0.447. The number of sulfonamides is 1. The van der Waals surface area contributed by atoms with Crippen molar-refractivity contribution in [2.45, 2.75) is 10.9 Å². The fourth-order valence-electron chi connectivity index (χ4n) is 3.33. The first-order valence-electron chi connectivity index (χ1n) is 8.78. The molecule has 2 atom stereocenters. The SMILES string of the molecule is CN(C)S(=O)(=O)C(c1ccccc1)C(O)(c1ccccc1)c1ccc(Cl)cc1. The molecule has 6 heteroatoms. The number of benzene rings is 3. The van der Waals surface area contributed by atoms with E-state index in [1.54, 1.807) is 72.8 Å². The summed E-state index contributed by atoms with van der Waals surface area (Å²) < 4.78 is 28.0. The second kappa shape index (κ2) is 8.05. The highest BCUT2D eigenvalue weighted by atomic mass is 35.5. The van der Waals surface area contributed by atoms with Gasteiger partial charge in [-0.15, -0.1) is 0 Å². The van der Waals surface area contributed by atoms with Crippen molar-refractivity contribution in [2.75, 3.05) is 14.1 Å². The van der Waals surface area contributed by atoms with E-state index in [4.69, 9.17) is 11.6 Å². The van der Waals surface area contributed by atoms with Crippen molar-refractivity contribution in [3.8, 4) is 0 Å². The molecule has 0 bridgehead atoms. The summed E-state index contributed by atoms with van der Waals surface area (Å²) in [5.41, 5.74) is -0.396. The van der Waals surface area contributed by atoms with Crippen LogP contribution in [0.25, 0.3) is 0 Å². The Bertz CT molecular complexity index is 1020. The first-order chi connectivity index (χ1) is 13.3. The Morgan fingerprint density at radius 1 is 0.821 bits per heavy atom. The van der Waals surface area contributed by atoms with Crippen molar-refractivity contribution < 1.29 is 13.5 Å². The maximum atomic E-state index is 13.4. The van der Waals surface area contributed by atoms with Gasteiger partial charge < -0.3 is 5.11 Å². The molecule has 2 unspecified atom stereocenters. The van der Waals surface area contributed by atoms with Crippen LogP contribution in [0, 0.1) is 0 Å². The fraction of sp³-hybridized carbons (Fsp3) is 0.182. The quantitative estimate of drug-likeness (QED) is 0.656. The van der Waals surface area contributed by atoms with Crippen molar-refractivity contribution in [1.29, 1.82) is 0 Å². The van der Waals surface area contributed by atoms with E-state index in [2.05, 4.69) is 0 Å². The predicted molar refractivity (Wildman–Crippen MR) is 113 cm³/mol. The van der Waals surface area contributed by atoms with E-state index in [-0.39, 0.29) is 0 Å². The highest BCUT2D eigenvalue weighted by Crippen LogP contribution is 2.46. The molecule has 0 aliphatic carbocycles.